The minimum absolute atomic E-state index is 0.128. The summed E-state index contributed by atoms with van der Waals surface area (Å²) in [4.78, 5) is 28.7. The van der Waals surface area contributed by atoms with Crippen LogP contribution in [0.3, 0.4) is 0 Å². The van der Waals surface area contributed by atoms with Crippen LogP contribution >= 0.6 is 58.2 Å². The quantitative estimate of drug-likeness (QED) is 0.367. The third kappa shape index (κ3) is 4.71. The molecule has 4 nitrogen and oxygen atoms in total. The van der Waals surface area contributed by atoms with Crippen LogP contribution in [0.5, 0.6) is 0 Å². The van der Waals surface area contributed by atoms with Crippen LogP contribution in [0.4, 0.5) is 11.4 Å². The lowest BCUT2D eigenvalue weighted by molar-refractivity contribution is -0.120. The summed E-state index contributed by atoms with van der Waals surface area (Å²) < 4.78 is 0. The number of hydrogen-bond donors (Lipinski definition) is 1. The van der Waals surface area contributed by atoms with E-state index in [9.17, 15) is 9.59 Å². The summed E-state index contributed by atoms with van der Waals surface area (Å²) in [5, 5.41) is 4.72. The van der Waals surface area contributed by atoms with Gasteiger partial charge in [-0.3, -0.25) is 9.59 Å². The van der Waals surface area contributed by atoms with Gasteiger partial charge in [0.15, 0.2) is 0 Å². The fourth-order valence-electron chi connectivity index (χ4n) is 2.90. The Kier molecular flexibility index (Phi) is 6.51. The van der Waals surface area contributed by atoms with E-state index in [-0.39, 0.29) is 10.6 Å². The first-order valence-corrected chi connectivity index (χ1v) is 11.2. The first-order valence-electron chi connectivity index (χ1n) is 8.87. The molecule has 1 aliphatic heterocycles. The van der Waals surface area contributed by atoms with E-state index in [0.717, 1.165) is 21.6 Å². The molecule has 0 spiro atoms. The number of carbonyl (C=O) groups excluding carboxylic acids is 2. The average molecular weight is 510 g/mol. The van der Waals surface area contributed by atoms with Crippen LogP contribution in [-0.2, 0) is 9.59 Å². The number of amides is 2. The summed E-state index contributed by atoms with van der Waals surface area (Å²) in [5.74, 6) is -0.968. The van der Waals surface area contributed by atoms with Gasteiger partial charge in [0.1, 0.15) is 10.6 Å². The van der Waals surface area contributed by atoms with Crippen molar-refractivity contribution in [1.29, 1.82) is 0 Å². The van der Waals surface area contributed by atoms with Crippen molar-refractivity contribution in [3.05, 3.63) is 97.4 Å². The molecule has 0 bridgehead atoms. The molecular weight excluding hydrogens is 498 g/mol. The van der Waals surface area contributed by atoms with Gasteiger partial charge < -0.3 is 5.32 Å². The summed E-state index contributed by atoms with van der Waals surface area (Å²) in [6, 6.07) is 18.4. The maximum Gasteiger partial charge on any atom is 0.283 e. The first-order chi connectivity index (χ1) is 14.8. The van der Waals surface area contributed by atoms with Crippen LogP contribution in [0, 0.1) is 0 Å². The van der Waals surface area contributed by atoms with Crippen molar-refractivity contribution >= 4 is 81.4 Å². The van der Waals surface area contributed by atoms with Gasteiger partial charge in [-0.05, 0) is 60.7 Å². The molecule has 0 atom stereocenters. The SMILES string of the molecule is O=C1C(Nc2ccc(Cl)c(Cl)c2)=C(Sc2ccc(Cl)cc2)C(=O)N1c1cccc(Cl)c1. The van der Waals surface area contributed by atoms with Crippen molar-refractivity contribution in [2.24, 2.45) is 0 Å². The minimum atomic E-state index is -0.505. The monoisotopic (exact) mass is 508 g/mol. The highest BCUT2D eigenvalue weighted by Crippen LogP contribution is 2.39. The summed E-state index contributed by atoms with van der Waals surface area (Å²) >= 11 is 25.3. The van der Waals surface area contributed by atoms with Crippen molar-refractivity contribution in [1.82, 2.24) is 0 Å². The van der Waals surface area contributed by atoms with Crippen molar-refractivity contribution in [2.75, 3.05) is 10.2 Å². The normalized spacial score (nSPS) is 13.9. The Morgan fingerprint density at radius 3 is 2.16 bits per heavy atom. The molecule has 0 fully saturated rings. The molecule has 2 amide bonds. The van der Waals surface area contributed by atoms with Crippen molar-refractivity contribution in [3.8, 4) is 0 Å². The second-order valence-electron chi connectivity index (χ2n) is 6.44. The molecule has 0 saturated heterocycles. The van der Waals surface area contributed by atoms with Crippen molar-refractivity contribution in [2.45, 2.75) is 4.90 Å². The number of rotatable bonds is 5. The van der Waals surface area contributed by atoms with Gasteiger partial charge >= 0.3 is 0 Å². The number of nitrogens with one attached hydrogen (secondary N) is 1. The van der Waals surface area contributed by atoms with Gasteiger partial charge in [0.2, 0.25) is 0 Å². The molecule has 3 aromatic carbocycles. The van der Waals surface area contributed by atoms with Crippen LogP contribution < -0.4 is 10.2 Å². The summed E-state index contributed by atoms with van der Waals surface area (Å²) in [5.41, 5.74) is 1.03. The molecule has 1 N–H and O–H groups in total. The molecule has 0 aromatic heterocycles. The van der Waals surface area contributed by atoms with Gasteiger partial charge in [-0.1, -0.05) is 64.2 Å². The number of imide groups is 1. The standard InChI is InChI=1S/C22H12Cl4N2O2S/c23-12-4-7-16(8-5-12)31-20-19(27-14-6-9-17(25)18(26)11-14)21(29)28(22(20)30)15-3-1-2-13(24)10-15/h1-11,27H. The van der Waals surface area contributed by atoms with E-state index in [2.05, 4.69) is 5.32 Å². The van der Waals surface area contributed by atoms with Gasteiger partial charge in [0.05, 0.1) is 15.7 Å². The van der Waals surface area contributed by atoms with Crippen LogP contribution in [0.1, 0.15) is 0 Å². The molecule has 1 aliphatic rings. The van der Waals surface area contributed by atoms with Crippen molar-refractivity contribution in [3.63, 3.8) is 0 Å². The highest BCUT2D eigenvalue weighted by Gasteiger charge is 2.40. The van der Waals surface area contributed by atoms with E-state index in [4.69, 9.17) is 46.4 Å². The zero-order chi connectivity index (χ0) is 22.1. The van der Waals surface area contributed by atoms with E-state index >= 15 is 0 Å². The van der Waals surface area contributed by atoms with Gasteiger partial charge in [-0.15, -0.1) is 0 Å². The van der Waals surface area contributed by atoms with Crippen LogP contribution in [-0.4, -0.2) is 11.8 Å². The molecule has 0 saturated carbocycles. The molecule has 3 aromatic rings. The largest absolute Gasteiger partial charge is 0.350 e. The zero-order valence-electron chi connectivity index (χ0n) is 15.5. The lowest BCUT2D eigenvalue weighted by Crippen LogP contribution is -2.32. The lowest BCUT2D eigenvalue weighted by Gasteiger charge is -2.15. The van der Waals surface area contributed by atoms with E-state index in [1.54, 1.807) is 66.7 Å². The maximum absolute atomic E-state index is 13.3. The molecule has 0 radical (unpaired) electrons. The predicted molar refractivity (Wildman–Crippen MR) is 128 cm³/mol. The van der Waals surface area contributed by atoms with Crippen LogP contribution in [0.15, 0.2) is 82.2 Å². The predicted octanol–water partition coefficient (Wildman–Crippen LogP) is 7.29. The molecule has 156 valence electrons. The Morgan fingerprint density at radius 2 is 1.48 bits per heavy atom. The smallest absolute Gasteiger partial charge is 0.283 e. The second-order valence-corrected chi connectivity index (χ2v) is 9.21. The number of anilines is 2. The summed E-state index contributed by atoms with van der Waals surface area (Å²) in [6.07, 6.45) is 0. The second kappa shape index (κ2) is 9.15. The topological polar surface area (TPSA) is 49.4 Å². The van der Waals surface area contributed by atoms with Gasteiger partial charge in [-0.2, -0.15) is 0 Å². The fraction of sp³-hybridized carbons (Fsp3) is 0. The molecule has 1 heterocycles. The Labute approximate surface area is 202 Å². The van der Waals surface area contributed by atoms with E-state index < -0.39 is 11.8 Å². The number of nitrogens with zero attached hydrogens (tertiary/aromatic N) is 1. The molecule has 0 aliphatic carbocycles. The molecule has 9 heteroatoms. The minimum Gasteiger partial charge on any atom is -0.350 e. The average Bonchev–Trinajstić information content (AvgIpc) is 2.96. The van der Waals surface area contributed by atoms with Crippen molar-refractivity contribution < 1.29 is 9.59 Å². The first kappa shape index (κ1) is 22.1. The number of thioether (sulfide) groups is 1. The Balaban J connectivity index is 1.75. The number of hydrogen-bond acceptors (Lipinski definition) is 4. The highest BCUT2D eigenvalue weighted by atomic mass is 35.5. The zero-order valence-corrected chi connectivity index (χ0v) is 19.4. The van der Waals surface area contributed by atoms with Gasteiger partial charge in [-0.25, -0.2) is 4.90 Å². The van der Waals surface area contributed by atoms with Gasteiger partial charge in [0, 0.05) is 20.6 Å². The summed E-state index contributed by atoms with van der Waals surface area (Å²) in [7, 11) is 0. The molecule has 31 heavy (non-hydrogen) atoms. The third-order valence-corrected chi connectivity index (χ3v) is 6.65. The number of carbonyl (C=O) groups is 2. The lowest BCUT2D eigenvalue weighted by atomic mass is 10.3. The third-order valence-electron chi connectivity index (χ3n) is 4.33. The van der Waals surface area contributed by atoms with E-state index in [1.165, 1.54) is 0 Å². The number of benzene rings is 3. The molecular formula is C22H12Cl4N2O2S. The maximum atomic E-state index is 13.3. The fourth-order valence-corrected chi connectivity index (χ4v) is 4.44. The van der Waals surface area contributed by atoms with E-state index in [0.29, 0.717) is 31.5 Å². The van der Waals surface area contributed by atoms with Crippen LogP contribution in [0.25, 0.3) is 0 Å². The Bertz CT molecular complexity index is 1230. The summed E-state index contributed by atoms with van der Waals surface area (Å²) in [6.45, 7) is 0. The number of halogens is 4. The molecule has 4 rings (SSSR count). The van der Waals surface area contributed by atoms with Crippen LogP contribution in [0.2, 0.25) is 20.1 Å². The molecule has 0 unspecified atom stereocenters. The Hall–Kier alpha value is -2.15. The van der Waals surface area contributed by atoms with E-state index in [1.807, 2.05) is 0 Å². The highest BCUT2D eigenvalue weighted by molar-refractivity contribution is 8.04. The van der Waals surface area contributed by atoms with Gasteiger partial charge in [0.25, 0.3) is 11.8 Å². The Morgan fingerprint density at radius 1 is 0.742 bits per heavy atom.